The average Bonchev–Trinajstić information content (AvgIpc) is 2.26. The SMILES string of the molecule is CCNS(=O)(=O)NC(C(=O)OCC)C(=O)OCC. The van der Waals surface area contributed by atoms with E-state index in [4.69, 9.17) is 0 Å². The zero-order chi connectivity index (χ0) is 14.2. The molecule has 9 heteroatoms. The second-order valence-electron chi connectivity index (χ2n) is 3.06. The molecule has 0 saturated heterocycles. The Hall–Kier alpha value is -1.19. The van der Waals surface area contributed by atoms with Gasteiger partial charge in [-0.25, -0.2) is 14.3 Å². The van der Waals surface area contributed by atoms with Crippen LogP contribution < -0.4 is 9.44 Å². The zero-order valence-electron chi connectivity index (χ0n) is 10.6. The first-order valence-corrected chi connectivity index (χ1v) is 6.96. The van der Waals surface area contributed by atoms with E-state index >= 15 is 0 Å². The summed E-state index contributed by atoms with van der Waals surface area (Å²) in [7, 11) is -3.96. The monoisotopic (exact) mass is 282 g/mol. The van der Waals surface area contributed by atoms with Gasteiger partial charge in [0.2, 0.25) is 6.04 Å². The molecule has 0 radical (unpaired) electrons. The van der Waals surface area contributed by atoms with E-state index in [9.17, 15) is 18.0 Å². The van der Waals surface area contributed by atoms with Gasteiger partial charge in [0.05, 0.1) is 13.2 Å². The molecular weight excluding hydrogens is 264 g/mol. The van der Waals surface area contributed by atoms with Gasteiger partial charge in [0.25, 0.3) is 10.2 Å². The molecule has 106 valence electrons. The smallest absolute Gasteiger partial charge is 0.335 e. The van der Waals surface area contributed by atoms with Gasteiger partial charge in [0.1, 0.15) is 0 Å². The number of hydrogen-bond donors (Lipinski definition) is 2. The van der Waals surface area contributed by atoms with Gasteiger partial charge in [-0.05, 0) is 13.8 Å². The second-order valence-corrected chi connectivity index (χ2v) is 4.59. The van der Waals surface area contributed by atoms with Crippen LogP contribution in [0.2, 0.25) is 0 Å². The van der Waals surface area contributed by atoms with Crippen molar-refractivity contribution in [2.45, 2.75) is 26.8 Å². The van der Waals surface area contributed by atoms with Crippen LogP contribution >= 0.6 is 0 Å². The molecule has 0 unspecified atom stereocenters. The third kappa shape index (κ3) is 5.94. The van der Waals surface area contributed by atoms with Gasteiger partial charge >= 0.3 is 11.9 Å². The lowest BCUT2D eigenvalue weighted by Gasteiger charge is -2.15. The normalized spacial score (nSPS) is 11.3. The van der Waals surface area contributed by atoms with Crippen molar-refractivity contribution in [2.24, 2.45) is 0 Å². The first kappa shape index (κ1) is 16.8. The Kier molecular flexibility index (Phi) is 7.48. The summed E-state index contributed by atoms with van der Waals surface area (Å²) in [4.78, 5) is 22.9. The van der Waals surface area contributed by atoms with Gasteiger partial charge in [0, 0.05) is 6.54 Å². The maximum atomic E-state index is 11.5. The van der Waals surface area contributed by atoms with E-state index in [0.717, 1.165) is 0 Å². The molecule has 18 heavy (non-hydrogen) atoms. The minimum atomic E-state index is -3.96. The molecule has 0 saturated carbocycles. The first-order valence-electron chi connectivity index (χ1n) is 5.48. The Morgan fingerprint density at radius 3 is 1.83 bits per heavy atom. The largest absolute Gasteiger partial charge is 0.464 e. The molecule has 8 nitrogen and oxygen atoms in total. The first-order chi connectivity index (χ1) is 8.37. The van der Waals surface area contributed by atoms with E-state index in [-0.39, 0.29) is 19.8 Å². The summed E-state index contributed by atoms with van der Waals surface area (Å²) in [6.45, 7) is 4.81. The highest BCUT2D eigenvalue weighted by Gasteiger charge is 2.33. The molecule has 2 N–H and O–H groups in total. The Balaban J connectivity index is 4.88. The van der Waals surface area contributed by atoms with Crippen LogP contribution in [0.3, 0.4) is 0 Å². The summed E-state index contributed by atoms with van der Waals surface area (Å²) >= 11 is 0. The molecule has 0 spiro atoms. The number of hydrogen-bond acceptors (Lipinski definition) is 6. The number of carbonyl (C=O) groups excluding carboxylic acids is 2. The van der Waals surface area contributed by atoms with Gasteiger partial charge in [-0.15, -0.1) is 0 Å². The summed E-state index contributed by atoms with van der Waals surface area (Å²) in [5, 5.41) is 0. The van der Waals surface area contributed by atoms with Crippen molar-refractivity contribution >= 4 is 22.1 Å². The van der Waals surface area contributed by atoms with Crippen LogP contribution in [-0.4, -0.2) is 46.2 Å². The highest BCUT2D eigenvalue weighted by Crippen LogP contribution is 1.96. The molecule has 0 heterocycles. The third-order valence-electron chi connectivity index (χ3n) is 1.65. The van der Waals surface area contributed by atoms with Gasteiger partial charge < -0.3 is 9.47 Å². The minimum Gasteiger partial charge on any atom is -0.464 e. The van der Waals surface area contributed by atoms with Crippen molar-refractivity contribution in [3.8, 4) is 0 Å². The van der Waals surface area contributed by atoms with Crippen LogP contribution in [0.25, 0.3) is 0 Å². The Morgan fingerprint density at radius 2 is 1.50 bits per heavy atom. The van der Waals surface area contributed by atoms with Crippen molar-refractivity contribution in [2.75, 3.05) is 19.8 Å². The number of carbonyl (C=O) groups is 2. The number of rotatable bonds is 8. The van der Waals surface area contributed by atoms with Crippen LogP contribution in [0, 0.1) is 0 Å². The molecule has 0 aromatic carbocycles. The molecule has 0 amide bonds. The molecule has 0 aliphatic heterocycles. The van der Waals surface area contributed by atoms with Gasteiger partial charge in [0.15, 0.2) is 0 Å². The quantitative estimate of drug-likeness (QED) is 0.433. The summed E-state index contributed by atoms with van der Waals surface area (Å²) in [5.74, 6) is -2.00. The fourth-order valence-corrected chi connectivity index (χ4v) is 2.00. The van der Waals surface area contributed by atoms with Crippen LogP contribution in [-0.2, 0) is 29.3 Å². The van der Waals surface area contributed by atoms with Crippen molar-refractivity contribution in [1.29, 1.82) is 0 Å². The summed E-state index contributed by atoms with van der Waals surface area (Å²) in [6, 6.07) is -1.70. The topological polar surface area (TPSA) is 111 Å². The van der Waals surface area contributed by atoms with Gasteiger partial charge in [-0.3, -0.25) is 0 Å². The van der Waals surface area contributed by atoms with Crippen molar-refractivity contribution in [3.05, 3.63) is 0 Å². The lowest BCUT2D eigenvalue weighted by atomic mass is 10.3. The van der Waals surface area contributed by atoms with Crippen LogP contribution in [0.5, 0.6) is 0 Å². The fraction of sp³-hybridized carbons (Fsp3) is 0.778. The maximum Gasteiger partial charge on any atom is 0.335 e. The summed E-state index contributed by atoms with van der Waals surface area (Å²) in [6.07, 6.45) is 0. The molecule has 0 fully saturated rings. The van der Waals surface area contributed by atoms with E-state index < -0.39 is 28.2 Å². The van der Waals surface area contributed by atoms with Gasteiger partial charge in [-0.1, -0.05) is 6.92 Å². The van der Waals surface area contributed by atoms with Crippen LogP contribution in [0.15, 0.2) is 0 Å². The van der Waals surface area contributed by atoms with E-state index in [2.05, 4.69) is 14.2 Å². The Morgan fingerprint density at radius 1 is 1.06 bits per heavy atom. The number of ether oxygens (including phenoxy) is 2. The van der Waals surface area contributed by atoms with Crippen molar-refractivity contribution < 1.29 is 27.5 Å². The minimum absolute atomic E-state index is 0.0255. The van der Waals surface area contributed by atoms with Crippen LogP contribution in [0.4, 0.5) is 0 Å². The highest BCUT2D eigenvalue weighted by atomic mass is 32.2. The molecule has 0 aromatic rings. The molecule has 0 aliphatic carbocycles. The van der Waals surface area contributed by atoms with E-state index in [0.29, 0.717) is 0 Å². The molecule has 0 atom stereocenters. The molecule has 0 rings (SSSR count). The van der Waals surface area contributed by atoms with E-state index in [1.807, 2.05) is 4.72 Å². The maximum absolute atomic E-state index is 11.5. The third-order valence-corrected chi connectivity index (χ3v) is 2.87. The second kappa shape index (κ2) is 8.01. The predicted molar refractivity (Wildman–Crippen MR) is 62.8 cm³/mol. The lowest BCUT2D eigenvalue weighted by Crippen LogP contribution is -2.51. The highest BCUT2D eigenvalue weighted by molar-refractivity contribution is 7.87. The molecule has 0 bridgehead atoms. The molecule has 0 aliphatic rings. The summed E-state index contributed by atoms with van der Waals surface area (Å²) < 4.78 is 36.0. The Bertz CT molecular complexity index is 363. The fourth-order valence-electron chi connectivity index (χ4n) is 1.03. The average molecular weight is 282 g/mol. The zero-order valence-corrected chi connectivity index (χ0v) is 11.4. The lowest BCUT2D eigenvalue weighted by molar-refractivity contribution is -0.157. The number of esters is 2. The number of nitrogens with one attached hydrogen (secondary N) is 2. The van der Waals surface area contributed by atoms with E-state index in [1.165, 1.54) is 0 Å². The van der Waals surface area contributed by atoms with Crippen molar-refractivity contribution in [1.82, 2.24) is 9.44 Å². The van der Waals surface area contributed by atoms with Gasteiger partial charge in [-0.2, -0.15) is 13.1 Å². The van der Waals surface area contributed by atoms with Crippen molar-refractivity contribution in [3.63, 3.8) is 0 Å². The Labute approximate surface area is 106 Å². The van der Waals surface area contributed by atoms with Crippen LogP contribution in [0.1, 0.15) is 20.8 Å². The predicted octanol–water partition coefficient (Wildman–Crippen LogP) is -1.07. The molecule has 0 aromatic heterocycles. The standard InChI is InChI=1S/C9H18N2O6S/c1-4-10-18(14,15)11-7(8(12)16-5-2)9(13)17-6-3/h7,10-11H,4-6H2,1-3H3. The molecular formula is C9H18N2O6S. The summed E-state index contributed by atoms with van der Waals surface area (Å²) in [5.41, 5.74) is 0. The van der Waals surface area contributed by atoms with E-state index in [1.54, 1.807) is 20.8 Å².